The first-order valence-electron chi connectivity index (χ1n) is 4.47. The normalized spacial score (nSPS) is 26.2. The summed E-state index contributed by atoms with van der Waals surface area (Å²) in [5, 5.41) is 0. The molecule has 2 N–H and O–H groups in total. The number of phosphoric ester groups is 1. The van der Waals surface area contributed by atoms with Crippen molar-refractivity contribution in [3.8, 4) is 0 Å². The first-order valence-corrected chi connectivity index (χ1v) is 6.00. The zero-order valence-electron chi connectivity index (χ0n) is 7.72. The number of rotatable bonds is 3. The largest absolute Gasteiger partial charge is 0.469 e. The summed E-state index contributed by atoms with van der Waals surface area (Å²) in [5.41, 5.74) is 0. The van der Waals surface area contributed by atoms with Crippen LogP contribution in [0.1, 0.15) is 19.8 Å². The van der Waals surface area contributed by atoms with E-state index in [1.807, 2.05) is 6.92 Å². The molecule has 1 heterocycles. The summed E-state index contributed by atoms with van der Waals surface area (Å²) in [6, 6.07) is 0. The molecular weight excluding hydrogens is 193 g/mol. The summed E-state index contributed by atoms with van der Waals surface area (Å²) < 4.78 is 15.2. The van der Waals surface area contributed by atoms with E-state index in [2.05, 4.69) is 9.42 Å². The smallest absolute Gasteiger partial charge is 0.303 e. The van der Waals surface area contributed by atoms with Gasteiger partial charge in [-0.15, -0.1) is 0 Å². The molecule has 13 heavy (non-hydrogen) atoms. The second-order valence-corrected chi connectivity index (χ2v) is 4.45. The average molecular weight is 209 g/mol. The minimum Gasteiger partial charge on any atom is -0.303 e. The molecule has 0 aromatic heterocycles. The number of likely N-dealkylation sites (N-methyl/N-ethyl adjacent to an activating group) is 1. The molecule has 1 saturated heterocycles. The van der Waals surface area contributed by atoms with Gasteiger partial charge in [0.1, 0.15) is 0 Å². The molecule has 5 nitrogen and oxygen atoms in total. The first kappa shape index (κ1) is 11.1. The van der Waals surface area contributed by atoms with Gasteiger partial charge in [0, 0.05) is 6.54 Å². The number of hydrogen-bond donors (Lipinski definition) is 2. The quantitative estimate of drug-likeness (QED) is 0.665. The number of hydrogen-bond acceptors (Lipinski definition) is 3. The van der Waals surface area contributed by atoms with Crippen LogP contribution in [0.2, 0.25) is 0 Å². The molecule has 0 aromatic rings. The fourth-order valence-electron chi connectivity index (χ4n) is 1.58. The topological polar surface area (TPSA) is 70.0 Å². The van der Waals surface area contributed by atoms with Gasteiger partial charge in [-0.1, -0.05) is 6.92 Å². The third-order valence-corrected chi connectivity index (χ3v) is 2.77. The second kappa shape index (κ2) is 4.53. The molecule has 0 radical (unpaired) electrons. The summed E-state index contributed by atoms with van der Waals surface area (Å²) in [6.07, 6.45) is 1.37. The van der Waals surface area contributed by atoms with Gasteiger partial charge in [0.25, 0.3) is 0 Å². The molecule has 78 valence electrons. The number of piperidine rings is 1. The molecule has 0 aliphatic carbocycles. The van der Waals surface area contributed by atoms with Gasteiger partial charge in [-0.25, -0.2) is 4.57 Å². The van der Waals surface area contributed by atoms with Crippen LogP contribution in [0.15, 0.2) is 0 Å². The van der Waals surface area contributed by atoms with Gasteiger partial charge < -0.3 is 14.7 Å². The van der Waals surface area contributed by atoms with Crippen LogP contribution in [0.4, 0.5) is 0 Å². The van der Waals surface area contributed by atoms with E-state index in [1.54, 1.807) is 0 Å². The number of nitrogens with zero attached hydrogens (tertiary/aromatic N) is 1. The average Bonchev–Trinajstić information content (AvgIpc) is 2.01. The van der Waals surface area contributed by atoms with Gasteiger partial charge in [0.05, 0.1) is 6.10 Å². The maximum Gasteiger partial charge on any atom is 0.469 e. The fourth-order valence-corrected chi connectivity index (χ4v) is 2.14. The summed E-state index contributed by atoms with van der Waals surface area (Å²) in [5.74, 6) is 0. The van der Waals surface area contributed by atoms with Crippen molar-refractivity contribution in [3.05, 3.63) is 0 Å². The lowest BCUT2D eigenvalue weighted by Crippen LogP contribution is -2.38. The van der Waals surface area contributed by atoms with E-state index < -0.39 is 7.82 Å². The Bertz CT molecular complexity index is 205. The Hall–Kier alpha value is 0.0700. The highest BCUT2D eigenvalue weighted by Gasteiger charge is 2.26. The van der Waals surface area contributed by atoms with E-state index in [0.29, 0.717) is 6.54 Å². The second-order valence-electron chi connectivity index (χ2n) is 3.25. The van der Waals surface area contributed by atoms with Crippen molar-refractivity contribution >= 4 is 7.82 Å². The predicted octanol–water partition coefficient (Wildman–Crippen LogP) is 0.580. The van der Waals surface area contributed by atoms with Gasteiger partial charge in [-0.3, -0.25) is 4.52 Å². The Morgan fingerprint density at radius 2 is 2.31 bits per heavy atom. The Kier molecular flexibility index (Phi) is 3.88. The number of phosphoric acid groups is 1. The monoisotopic (exact) mass is 209 g/mol. The summed E-state index contributed by atoms with van der Waals surface area (Å²) in [6.45, 7) is 4.56. The predicted molar refractivity (Wildman–Crippen MR) is 48.3 cm³/mol. The molecule has 0 unspecified atom stereocenters. The van der Waals surface area contributed by atoms with Crippen LogP contribution in [0.5, 0.6) is 0 Å². The molecule has 1 aliphatic rings. The van der Waals surface area contributed by atoms with E-state index in [4.69, 9.17) is 9.79 Å². The highest BCUT2D eigenvalue weighted by molar-refractivity contribution is 7.46. The van der Waals surface area contributed by atoms with Crippen molar-refractivity contribution < 1.29 is 18.9 Å². The molecule has 0 aromatic carbocycles. The number of likely N-dealkylation sites (tertiary alicyclic amines) is 1. The van der Waals surface area contributed by atoms with Crippen LogP contribution >= 0.6 is 7.82 Å². The lowest BCUT2D eigenvalue weighted by atomic mass is 10.1. The Morgan fingerprint density at radius 3 is 2.85 bits per heavy atom. The van der Waals surface area contributed by atoms with Crippen molar-refractivity contribution in [1.82, 2.24) is 4.90 Å². The van der Waals surface area contributed by atoms with Gasteiger partial charge in [-0.05, 0) is 25.9 Å². The summed E-state index contributed by atoms with van der Waals surface area (Å²) in [7, 11) is -4.30. The van der Waals surface area contributed by atoms with Crippen LogP contribution in [-0.2, 0) is 9.09 Å². The van der Waals surface area contributed by atoms with E-state index in [9.17, 15) is 4.57 Å². The molecule has 0 spiro atoms. The zero-order chi connectivity index (χ0) is 9.90. The Balaban J connectivity index is 2.38. The van der Waals surface area contributed by atoms with Crippen LogP contribution in [-0.4, -0.2) is 40.4 Å². The lowest BCUT2D eigenvalue weighted by molar-refractivity contribution is 0.0638. The van der Waals surface area contributed by atoms with Crippen LogP contribution < -0.4 is 0 Å². The van der Waals surface area contributed by atoms with Crippen molar-refractivity contribution in [1.29, 1.82) is 0 Å². The van der Waals surface area contributed by atoms with E-state index in [1.165, 1.54) is 0 Å². The molecule has 1 fully saturated rings. The van der Waals surface area contributed by atoms with Crippen molar-refractivity contribution in [2.24, 2.45) is 0 Å². The Morgan fingerprint density at radius 1 is 1.62 bits per heavy atom. The van der Waals surface area contributed by atoms with Gasteiger partial charge in [0.2, 0.25) is 0 Å². The highest BCUT2D eigenvalue weighted by Crippen LogP contribution is 2.39. The molecular formula is C7H16NO4P. The molecule has 0 bridgehead atoms. The van der Waals surface area contributed by atoms with Crippen molar-refractivity contribution in [3.63, 3.8) is 0 Å². The van der Waals surface area contributed by atoms with E-state index in [-0.39, 0.29) is 6.10 Å². The zero-order valence-corrected chi connectivity index (χ0v) is 8.61. The van der Waals surface area contributed by atoms with Crippen LogP contribution in [0.3, 0.4) is 0 Å². The van der Waals surface area contributed by atoms with Gasteiger partial charge in [0.15, 0.2) is 0 Å². The summed E-state index contributed by atoms with van der Waals surface area (Å²) >= 11 is 0. The van der Waals surface area contributed by atoms with Crippen LogP contribution in [0.25, 0.3) is 0 Å². The standard InChI is InChI=1S/C7H16NO4P/c1-2-8-5-3-4-7(6-8)12-13(9,10)11/h7H,2-6H2,1H3,(H2,9,10,11)/t7-/m0/s1. The minimum atomic E-state index is -4.30. The molecule has 1 aliphatic heterocycles. The van der Waals surface area contributed by atoms with Crippen LogP contribution in [0, 0.1) is 0 Å². The maximum absolute atomic E-state index is 10.5. The lowest BCUT2D eigenvalue weighted by Gasteiger charge is -2.31. The summed E-state index contributed by atoms with van der Waals surface area (Å²) in [4.78, 5) is 19.3. The van der Waals surface area contributed by atoms with Gasteiger partial charge >= 0.3 is 7.82 Å². The van der Waals surface area contributed by atoms with Crippen molar-refractivity contribution in [2.75, 3.05) is 19.6 Å². The van der Waals surface area contributed by atoms with E-state index in [0.717, 1.165) is 25.9 Å². The van der Waals surface area contributed by atoms with E-state index >= 15 is 0 Å². The molecule has 6 heteroatoms. The third kappa shape index (κ3) is 4.20. The fraction of sp³-hybridized carbons (Fsp3) is 1.00. The molecule has 0 saturated carbocycles. The molecule has 0 amide bonds. The van der Waals surface area contributed by atoms with Gasteiger partial charge in [-0.2, -0.15) is 0 Å². The SMILES string of the molecule is CCN1CCC[C@H](OP(=O)(O)O)C1. The Labute approximate surface area is 77.9 Å². The molecule has 1 rings (SSSR count). The first-order chi connectivity index (χ1) is 6.01. The minimum absolute atomic E-state index is 0.311. The third-order valence-electron chi connectivity index (χ3n) is 2.20. The highest BCUT2D eigenvalue weighted by atomic mass is 31.2. The molecule has 1 atom stereocenters. The van der Waals surface area contributed by atoms with Crippen molar-refractivity contribution in [2.45, 2.75) is 25.9 Å². The maximum atomic E-state index is 10.5.